The Morgan fingerprint density at radius 1 is 1.17 bits per heavy atom. The number of aliphatic hydroxyl groups is 1. The van der Waals surface area contributed by atoms with E-state index in [-0.39, 0.29) is 29.4 Å². The molecule has 1 aliphatic rings. The van der Waals surface area contributed by atoms with Gasteiger partial charge in [0, 0.05) is 12.6 Å². The number of methoxy groups -OCH3 is 2. The molecule has 1 aromatic rings. The lowest BCUT2D eigenvalue weighted by molar-refractivity contribution is -0.0526. The van der Waals surface area contributed by atoms with Crippen molar-refractivity contribution in [3.05, 3.63) is 17.7 Å². The third kappa shape index (κ3) is 4.68. The summed E-state index contributed by atoms with van der Waals surface area (Å²) < 4.78 is 39.8. The summed E-state index contributed by atoms with van der Waals surface area (Å²) in [5, 5.41) is 13.3. The number of aliphatic hydroxyl groups excluding tert-OH is 1. The second-order valence-corrected chi connectivity index (χ2v) is 5.55. The molecule has 1 saturated carbocycles. The van der Waals surface area contributed by atoms with Gasteiger partial charge in [0.25, 0.3) is 0 Å². The van der Waals surface area contributed by atoms with Crippen molar-refractivity contribution in [2.45, 2.75) is 51.0 Å². The molecule has 1 aromatic carbocycles. The molecule has 0 unspecified atom stereocenters. The van der Waals surface area contributed by atoms with E-state index in [2.05, 4.69) is 10.1 Å². The Labute approximate surface area is 134 Å². The Morgan fingerprint density at radius 3 is 2.30 bits per heavy atom. The van der Waals surface area contributed by atoms with Gasteiger partial charge < -0.3 is 24.6 Å². The van der Waals surface area contributed by atoms with Crippen molar-refractivity contribution < 1.29 is 28.1 Å². The predicted octanol–water partition coefficient (Wildman–Crippen LogP) is 2.70. The molecule has 0 heterocycles. The molecule has 0 radical (unpaired) electrons. The van der Waals surface area contributed by atoms with E-state index >= 15 is 0 Å². The van der Waals surface area contributed by atoms with Crippen LogP contribution >= 0.6 is 0 Å². The van der Waals surface area contributed by atoms with E-state index in [1.54, 1.807) is 12.1 Å². The SMILES string of the molecule is COc1cc(CN[C@H]2CCCC[C@@H]2O)cc(OC)c1OC(F)F. The van der Waals surface area contributed by atoms with E-state index < -0.39 is 6.61 Å². The first-order valence-electron chi connectivity index (χ1n) is 7.66. The van der Waals surface area contributed by atoms with Gasteiger partial charge in [-0.2, -0.15) is 8.78 Å². The van der Waals surface area contributed by atoms with E-state index in [1.165, 1.54) is 14.2 Å². The highest BCUT2D eigenvalue weighted by Gasteiger charge is 2.23. The van der Waals surface area contributed by atoms with Crippen LogP contribution in [0.1, 0.15) is 31.2 Å². The van der Waals surface area contributed by atoms with E-state index in [0.717, 1.165) is 31.2 Å². The highest BCUT2D eigenvalue weighted by atomic mass is 19.3. The van der Waals surface area contributed by atoms with Gasteiger partial charge in [0.1, 0.15) is 0 Å². The van der Waals surface area contributed by atoms with Crippen molar-refractivity contribution >= 4 is 0 Å². The first kappa shape index (κ1) is 17.7. The average molecular weight is 331 g/mol. The second-order valence-electron chi connectivity index (χ2n) is 5.55. The molecule has 0 amide bonds. The minimum Gasteiger partial charge on any atom is -0.493 e. The molecule has 0 saturated heterocycles. The Hall–Kier alpha value is -1.60. The number of halogens is 2. The van der Waals surface area contributed by atoms with Crippen molar-refractivity contribution in [1.29, 1.82) is 0 Å². The van der Waals surface area contributed by atoms with Gasteiger partial charge >= 0.3 is 6.61 Å². The van der Waals surface area contributed by atoms with Gasteiger partial charge in [0.05, 0.1) is 20.3 Å². The molecule has 0 bridgehead atoms. The van der Waals surface area contributed by atoms with E-state index in [4.69, 9.17) is 9.47 Å². The molecule has 1 fully saturated rings. The van der Waals surface area contributed by atoms with Crippen LogP contribution in [-0.4, -0.2) is 38.1 Å². The molecule has 23 heavy (non-hydrogen) atoms. The molecule has 0 spiro atoms. The molecule has 5 nitrogen and oxygen atoms in total. The van der Waals surface area contributed by atoms with Gasteiger partial charge in [0.2, 0.25) is 5.75 Å². The van der Waals surface area contributed by atoms with Gasteiger partial charge in [-0.05, 0) is 30.5 Å². The van der Waals surface area contributed by atoms with Crippen LogP contribution in [0.15, 0.2) is 12.1 Å². The Balaban J connectivity index is 2.12. The number of benzene rings is 1. The monoisotopic (exact) mass is 331 g/mol. The predicted molar refractivity (Wildman–Crippen MR) is 81.3 cm³/mol. The van der Waals surface area contributed by atoms with Gasteiger partial charge in [-0.1, -0.05) is 12.8 Å². The van der Waals surface area contributed by atoms with E-state index in [0.29, 0.717) is 6.54 Å². The third-order valence-corrected chi connectivity index (χ3v) is 4.03. The third-order valence-electron chi connectivity index (χ3n) is 4.03. The Kier molecular flexibility index (Phi) is 6.41. The van der Waals surface area contributed by atoms with Crippen molar-refractivity contribution in [3.8, 4) is 17.2 Å². The highest BCUT2D eigenvalue weighted by molar-refractivity contribution is 5.53. The van der Waals surface area contributed by atoms with Crippen LogP contribution in [0.3, 0.4) is 0 Å². The number of nitrogens with one attached hydrogen (secondary N) is 1. The molecule has 2 rings (SSSR count). The van der Waals surface area contributed by atoms with Gasteiger partial charge in [-0.25, -0.2) is 0 Å². The van der Waals surface area contributed by atoms with Crippen LogP contribution in [0.25, 0.3) is 0 Å². The summed E-state index contributed by atoms with van der Waals surface area (Å²) in [6, 6.07) is 3.29. The molecule has 130 valence electrons. The number of alkyl halides is 2. The zero-order valence-corrected chi connectivity index (χ0v) is 13.4. The van der Waals surface area contributed by atoms with Gasteiger partial charge in [0.15, 0.2) is 11.5 Å². The van der Waals surface area contributed by atoms with Crippen LogP contribution in [0.5, 0.6) is 17.2 Å². The summed E-state index contributed by atoms with van der Waals surface area (Å²) >= 11 is 0. The maximum Gasteiger partial charge on any atom is 0.387 e. The molecule has 0 aliphatic heterocycles. The Bertz CT molecular complexity index is 488. The Morgan fingerprint density at radius 2 is 1.78 bits per heavy atom. The van der Waals surface area contributed by atoms with Crippen LogP contribution in [0, 0.1) is 0 Å². The van der Waals surface area contributed by atoms with Gasteiger partial charge in [-0.3, -0.25) is 0 Å². The fraction of sp³-hybridized carbons (Fsp3) is 0.625. The van der Waals surface area contributed by atoms with Crippen LogP contribution in [0.2, 0.25) is 0 Å². The smallest absolute Gasteiger partial charge is 0.387 e. The fourth-order valence-electron chi connectivity index (χ4n) is 2.84. The summed E-state index contributed by atoms with van der Waals surface area (Å²) in [6.45, 7) is -2.48. The van der Waals surface area contributed by atoms with E-state index in [9.17, 15) is 13.9 Å². The summed E-state index contributed by atoms with van der Waals surface area (Å²) in [5.74, 6) is 0.253. The number of hydrogen-bond acceptors (Lipinski definition) is 5. The molecule has 2 N–H and O–H groups in total. The lowest BCUT2D eigenvalue weighted by atomic mass is 9.92. The quantitative estimate of drug-likeness (QED) is 0.804. The average Bonchev–Trinajstić information content (AvgIpc) is 2.54. The minimum atomic E-state index is -2.96. The maximum absolute atomic E-state index is 12.5. The molecule has 0 aromatic heterocycles. The summed E-state index contributed by atoms with van der Waals surface area (Å²) in [5.41, 5.74) is 0.804. The van der Waals surface area contributed by atoms with E-state index in [1.807, 2.05) is 0 Å². The van der Waals surface area contributed by atoms with Crippen molar-refractivity contribution in [1.82, 2.24) is 5.32 Å². The summed E-state index contributed by atoms with van der Waals surface area (Å²) in [7, 11) is 2.77. The second kappa shape index (κ2) is 8.31. The highest BCUT2D eigenvalue weighted by Crippen LogP contribution is 2.39. The lowest BCUT2D eigenvalue weighted by Gasteiger charge is -2.28. The molecule has 1 aliphatic carbocycles. The first-order valence-corrected chi connectivity index (χ1v) is 7.66. The number of hydrogen-bond donors (Lipinski definition) is 2. The zero-order chi connectivity index (χ0) is 16.8. The number of rotatable bonds is 7. The normalized spacial score (nSPS) is 21.3. The molecular formula is C16H23F2NO4. The van der Waals surface area contributed by atoms with Crippen molar-refractivity contribution in [3.63, 3.8) is 0 Å². The lowest BCUT2D eigenvalue weighted by Crippen LogP contribution is -2.41. The van der Waals surface area contributed by atoms with Crippen LogP contribution in [0.4, 0.5) is 8.78 Å². The first-order chi connectivity index (χ1) is 11.0. The topological polar surface area (TPSA) is 60.0 Å². The van der Waals surface area contributed by atoms with Crippen LogP contribution in [-0.2, 0) is 6.54 Å². The standard InChI is InChI=1S/C16H23F2NO4/c1-21-13-7-10(8-14(22-2)15(13)23-16(17)18)9-19-11-5-3-4-6-12(11)20/h7-8,11-12,16,19-20H,3-6,9H2,1-2H3/t11-,12-/m0/s1. The number of ether oxygens (including phenoxy) is 3. The van der Waals surface area contributed by atoms with Gasteiger partial charge in [-0.15, -0.1) is 0 Å². The summed E-state index contributed by atoms with van der Waals surface area (Å²) in [6.07, 6.45) is 3.49. The fourth-order valence-corrected chi connectivity index (χ4v) is 2.84. The molecule has 7 heteroatoms. The minimum absolute atomic E-state index is 0.0396. The molecule has 2 atom stereocenters. The zero-order valence-electron chi connectivity index (χ0n) is 13.4. The largest absolute Gasteiger partial charge is 0.493 e. The van der Waals surface area contributed by atoms with Crippen molar-refractivity contribution in [2.75, 3.05) is 14.2 Å². The molecular weight excluding hydrogens is 308 g/mol. The maximum atomic E-state index is 12.5. The van der Waals surface area contributed by atoms with Crippen molar-refractivity contribution in [2.24, 2.45) is 0 Å². The summed E-state index contributed by atoms with van der Waals surface area (Å²) in [4.78, 5) is 0. The van der Waals surface area contributed by atoms with Crippen LogP contribution < -0.4 is 19.5 Å².